The molecule has 3 rings (SSSR count). The topological polar surface area (TPSA) is 89.1 Å². The third kappa shape index (κ3) is 2.91. The van der Waals surface area contributed by atoms with E-state index >= 15 is 0 Å². The van der Waals surface area contributed by atoms with Crippen molar-refractivity contribution in [2.45, 2.75) is 0 Å². The van der Waals surface area contributed by atoms with Crippen LogP contribution in [0, 0.1) is 0 Å². The molecular formula is C15H13ClN4O3. The zero-order chi connectivity index (χ0) is 16.4. The van der Waals surface area contributed by atoms with Crippen LogP contribution in [0.2, 0.25) is 5.02 Å². The van der Waals surface area contributed by atoms with Gasteiger partial charge in [0.25, 0.3) is 5.91 Å². The lowest BCUT2D eigenvalue weighted by atomic mass is 10.1. The van der Waals surface area contributed by atoms with Gasteiger partial charge in [-0.2, -0.15) is 15.4 Å². The lowest BCUT2D eigenvalue weighted by molar-refractivity contribution is 0.102. The molecule has 3 aromatic rings. The number of nitrogens with one attached hydrogen (secondary N) is 2. The third-order valence-corrected chi connectivity index (χ3v) is 3.60. The Bertz CT molecular complexity index is 878. The molecule has 0 saturated heterocycles. The minimum Gasteiger partial charge on any atom is -0.495 e. The number of carbonyl (C=O) groups is 1. The largest absolute Gasteiger partial charge is 0.495 e. The van der Waals surface area contributed by atoms with Crippen LogP contribution in [-0.2, 0) is 0 Å². The van der Waals surface area contributed by atoms with Crippen LogP contribution >= 0.6 is 11.6 Å². The number of anilines is 1. The van der Waals surface area contributed by atoms with Gasteiger partial charge in [0.15, 0.2) is 0 Å². The van der Waals surface area contributed by atoms with Gasteiger partial charge < -0.3 is 14.8 Å². The van der Waals surface area contributed by atoms with Crippen LogP contribution in [0.25, 0.3) is 11.0 Å². The molecule has 0 spiro atoms. The van der Waals surface area contributed by atoms with Crippen LogP contribution < -0.4 is 14.8 Å². The molecule has 0 aliphatic carbocycles. The van der Waals surface area contributed by atoms with E-state index in [-0.39, 0.29) is 5.91 Å². The number of hydrogen-bond donors (Lipinski definition) is 2. The third-order valence-electron chi connectivity index (χ3n) is 3.30. The molecule has 0 saturated carbocycles. The van der Waals surface area contributed by atoms with E-state index in [1.165, 1.54) is 14.2 Å². The Morgan fingerprint density at radius 2 is 1.83 bits per heavy atom. The van der Waals surface area contributed by atoms with Gasteiger partial charge in [0.05, 0.1) is 24.9 Å². The molecule has 2 aromatic carbocycles. The van der Waals surface area contributed by atoms with Gasteiger partial charge in [0, 0.05) is 11.6 Å². The standard InChI is InChI=1S/C15H13ClN4O3/c1-22-13-7-14(23-2)12(6-9(13)16)17-15(21)8-3-4-10-11(5-8)19-20-18-10/h3-7H,1-2H3,(H,17,21)(H,18,19,20). The zero-order valence-electron chi connectivity index (χ0n) is 12.4. The van der Waals surface area contributed by atoms with Crippen LogP contribution in [0.1, 0.15) is 10.4 Å². The molecule has 1 aromatic heterocycles. The van der Waals surface area contributed by atoms with E-state index in [0.29, 0.717) is 38.8 Å². The lowest BCUT2D eigenvalue weighted by Crippen LogP contribution is -2.12. The van der Waals surface area contributed by atoms with Crippen LogP contribution in [0.3, 0.4) is 0 Å². The Hall–Kier alpha value is -2.80. The number of benzene rings is 2. The fourth-order valence-corrected chi connectivity index (χ4v) is 2.37. The maximum absolute atomic E-state index is 12.4. The summed E-state index contributed by atoms with van der Waals surface area (Å²) in [6.45, 7) is 0. The van der Waals surface area contributed by atoms with Crippen LogP contribution in [0.4, 0.5) is 5.69 Å². The number of ether oxygens (including phenoxy) is 2. The molecule has 0 atom stereocenters. The monoisotopic (exact) mass is 332 g/mol. The Morgan fingerprint density at radius 3 is 2.57 bits per heavy atom. The number of hydrogen-bond acceptors (Lipinski definition) is 5. The lowest BCUT2D eigenvalue weighted by Gasteiger charge is -2.13. The highest BCUT2D eigenvalue weighted by atomic mass is 35.5. The van der Waals surface area contributed by atoms with Crippen molar-refractivity contribution in [2.75, 3.05) is 19.5 Å². The molecular weight excluding hydrogens is 320 g/mol. The first-order chi connectivity index (χ1) is 11.1. The number of methoxy groups -OCH3 is 2. The number of aromatic nitrogens is 3. The Labute approximate surface area is 136 Å². The Kier molecular flexibility index (Phi) is 4.03. The fraction of sp³-hybridized carbons (Fsp3) is 0.133. The number of fused-ring (bicyclic) bond motifs is 1. The van der Waals surface area contributed by atoms with E-state index in [0.717, 1.165) is 0 Å². The minimum absolute atomic E-state index is 0.311. The zero-order valence-corrected chi connectivity index (χ0v) is 13.1. The molecule has 0 unspecified atom stereocenters. The van der Waals surface area contributed by atoms with Crippen molar-refractivity contribution in [1.29, 1.82) is 0 Å². The summed E-state index contributed by atoms with van der Waals surface area (Å²) in [5.41, 5.74) is 2.19. The molecule has 1 amide bonds. The summed E-state index contributed by atoms with van der Waals surface area (Å²) in [7, 11) is 3.01. The van der Waals surface area contributed by atoms with E-state index in [1.54, 1.807) is 30.3 Å². The fourth-order valence-electron chi connectivity index (χ4n) is 2.13. The number of amides is 1. The normalized spacial score (nSPS) is 10.6. The molecule has 118 valence electrons. The van der Waals surface area contributed by atoms with E-state index in [1.807, 2.05) is 0 Å². The quantitative estimate of drug-likeness (QED) is 0.766. The van der Waals surface area contributed by atoms with Gasteiger partial charge in [0.2, 0.25) is 0 Å². The van der Waals surface area contributed by atoms with Crippen LogP contribution in [0.5, 0.6) is 11.5 Å². The predicted octanol–water partition coefficient (Wildman–Crippen LogP) is 2.88. The molecule has 0 bridgehead atoms. The Balaban J connectivity index is 1.91. The number of nitrogens with zero attached hydrogens (tertiary/aromatic N) is 2. The van der Waals surface area contributed by atoms with Gasteiger partial charge in [-0.15, -0.1) is 0 Å². The summed E-state index contributed by atoms with van der Waals surface area (Å²) >= 11 is 6.10. The van der Waals surface area contributed by atoms with E-state index in [2.05, 4.69) is 20.7 Å². The van der Waals surface area contributed by atoms with Gasteiger partial charge >= 0.3 is 0 Å². The molecule has 23 heavy (non-hydrogen) atoms. The summed E-state index contributed by atoms with van der Waals surface area (Å²) in [6, 6.07) is 8.21. The summed E-state index contributed by atoms with van der Waals surface area (Å²) < 4.78 is 10.4. The van der Waals surface area contributed by atoms with Gasteiger partial charge in [-0.3, -0.25) is 4.79 Å². The maximum Gasteiger partial charge on any atom is 0.255 e. The first kappa shape index (κ1) is 15.1. The molecule has 7 nitrogen and oxygen atoms in total. The van der Waals surface area contributed by atoms with Crippen molar-refractivity contribution in [2.24, 2.45) is 0 Å². The number of rotatable bonds is 4. The van der Waals surface area contributed by atoms with Crippen LogP contribution in [-0.4, -0.2) is 35.5 Å². The second-order valence-electron chi connectivity index (χ2n) is 4.67. The van der Waals surface area contributed by atoms with E-state index in [4.69, 9.17) is 21.1 Å². The number of halogens is 1. The van der Waals surface area contributed by atoms with Crippen molar-refractivity contribution in [3.8, 4) is 11.5 Å². The van der Waals surface area contributed by atoms with Crippen molar-refractivity contribution in [1.82, 2.24) is 15.4 Å². The highest BCUT2D eigenvalue weighted by Gasteiger charge is 2.14. The molecule has 1 heterocycles. The summed E-state index contributed by atoms with van der Waals surface area (Å²) in [6.07, 6.45) is 0. The molecule has 0 fully saturated rings. The van der Waals surface area contributed by atoms with Gasteiger partial charge in [-0.25, -0.2) is 0 Å². The molecule has 0 aliphatic heterocycles. The smallest absolute Gasteiger partial charge is 0.255 e. The van der Waals surface area contributed by atoms with E-state index in [9.17, 15) is 4.79 Å². The van der Waals surface area contributed by atoms with Crippen molar-refractivity contribution in [3.05, 3.63) is 40.9 Å². The first-order valence-corrected chi connectivity index (χ1v) is 7.03. The maximum atomic E-state index is 12.4. The predicted molar refractivity (Wildman–Crippen MR) is 86.4 cm³/mol. The van der Waals surface area contributed by atoms with Crippen molar-refractivity contribution in [3.63, 3.8) is 0 Å². The average Bonchev–Trinajstić information content (AvgIpc) is 3.02. The highest BCUT2D eigenvalue weighted by Crippen LogP contribution is 2.36. The average molecular weight is 333 g/mol. The molecule has 0 aliphatic rings. The van der Waals surface area contributed by atoms with E-state index < -0.39 is 0 Å². The summed E-state index contributed by atoms with van der Waals surface area (Å²) in [5, 5.41) is 13.5. The summed E-state index contributed by atoms with van der Waals surface area (Å²) in [5.74, 6) is 0.599. The molecule has 0 radical (unpaired) electrons. The van der Waals surface area contributed by atoms with Gasteiger partial charge in [0.1, 0.15) is 22.5 Å². The van der Waals surface area contributed by atoms with Gasteiger partial charge in [-0.05, 0) is 24.3 Å². The highest BCUT2D eigenvalue weighted by molar-refractivity contribution is 6.32. The number of carbonyl (C=O) groups excluding carboxylic acids is 1. The number of aromatic amines is 1. The minimum atomic E-state index is -0.311. The second kappa shape index (κ2) is 6.13. The van der Waals surface area contributed by atoms with Crippen molar-refractivity contribution < 1.29 is 14.3 Å². The number of H-pyrrole nitrogens is 1. The molecule has 2 N–H and O–H groups in total. The SMILES string of the molecule is COc1cc(OC)c(NC(=O)c2ccc3n[nH]nc3c2)cc1Cl. The van der Waals surface area contributed by atoms with Gasteiger partial charge in [-0.1, -0.05) is 11.6 Å². The second-order valence-corrected chi connectivity index (χ2v) is 5.08. The summed E-state index contributed by atoms with van der Waals surface area (Å²) in [4.78, 5) is 12.4. The van der Waals surface area contributed by atoms with Crippen molar-refractivity contribution >= 4 is 34.2 Å². The molecule has 8 heteroatoms. The Morgan fingerprint density at radius 1 is 1.09 bits per heavy atom. The first-order valence-electron chi connectivity index (χ1n) is 6.66. The van der Waals surface area contributed by atoms with Crippen LogP contribution in [0.15, 0.2) is 30.3 Å².